The van der Waals surface area contributed by atoms with Crippen molar-refractivity contribution in [3.8, 4) is 0 Å². The SMILES string of the molecule is CC(C)Nc1nc(N)c(C(=O)N(C)CC(N)=O)s1. The topological polar surface area (TPSA) is 114 Å². The van der Waals surface area contributed by atoms with Gasteiger partial charge in [0.05, 0.1) is 6.54 Å². The van der Waals surface area contributed by atoms with E-state index in [0.29, 0.717) is 10.0 Å². The minimum atomic E-state index is -0.575. The van der Waals surface area contributed by atoms with E-state index in [1.165, 1.54) is 11.9 Å². The maximum Gasteiger partial charge on any atom is 0.268 e. The lowest BCUT2D eigenvalue weighted by atomic mass is 10.4. The molecule has 1 rings (SSSR count). The van der Waals surface area contributed by atoms with E-state index in [1.807, 2.05) is 13.8 Å². The van der Waals surface area contributed by atoms with Gasteiger partial charge in [-0.1, -0.05) is 11.3 Å². The monoisotopic (exact) mass is 271 g/mol. The summed E-state index contributed by atoms with van der Waals surface area (Å²) in [5.74, 6) is -0.778. The van der Waals surface area contributed by atoms with Crippen molar-refractivity contribution in [1.29, 1.82) is 0 Å². The van der Waals surface area contributed by atoms with Crippen LogP contribution in [0.4, 0.5) is 10.9 Å². The van der Waals surface area contributed by atoms with Gasteiger partial charge in [-0.2, -0.15) is 0 Å². The number of carbonyl (C=O) groups is 2. The molecule has 8 heteroatoms. The molecule has 0 atom stereocenters. The average Bonchev–Trinajstić information content (AvgIpc) is 2.56. The van der Waals surface area contributed by atoms with Crippen LogP contribution in [0, 0.1) is 0 Å². The zero-order valence-corrected chi connectivity index (χ0v) is 11.4. The molecule has 0 aromatic carbocycles. The third-order valence-corrected chi connectivity index (χ3v) is 2.99. The lowest BCUT2D eigenvalue weighted by molar-refractivity contribution is -0.118. The Labute approximate surface area is 109 Å². The number of hydrogen-bond acceptors (Lipinski definition) is 6. The highest BCUT2D eigenvalue weighted by atomic mass is 32.1. The molecule has 1 heterocycles. The van der Waals surface area contributed by atoms with Crippen molar-refractivity contribution < 1.29 is 9.59 Å². The second-order valence-corrected chi connectivity index (χ2v) is 5.16. The number of nitrogen functional groups attached to an aromatic ring is 1. The van der Waals surface area contributed by atoms with E-state index < -0.39 is 5.91 Å². The second-order valence-electron chi connectivity index (χ2n) is 4.16. The summed E-state index contributed by atoms with van der Waals surface area (Å²) in [6.45, 7) is 3.76. The Bertz CT molecular complexity index is 457. The largest absolute Gasteiger partial charge is 0.382 e. The lowest BCUT2D eigenvalue weighted by Gasteiger charge is -2.13. The smallest absolute Gasteiger partial charge is 0.268 e. The van der Waals surface area contributed by atoms with Gasteiger partial charge in [0.15, 0.2) is 5.13 Å². The van der Waals surface area contributed by atoms with E-state index in [-0.39, 0.29) is 24.3 Å². The number of hydrogen-bond donors (Lipinski definition) is 3. The zero-order chi connectivity index (χ0) is 13.9. The predicted molar refractivity (Wildman–Crippen MR) is 71.4 cm³/mol. The van der Waals surface area contributed by atoms with Crippen LogP contribution in [0.3, 0.4) is 0 Å². The van der Waals surface area contributed by atoms with Crippen LogP contribution in [0.2, 0.25) is 0 Å². The number of nitrogens with zero attached hydrogens (tertiary/aromatic N) is 2. The van der Waals surface area contributed by atoms with Crippen LogP contribution in [0.25, 0.3) is 0 Å². The average molecular weight is 271 g/mol. The van der Waals surface area contributed by atoms with E-state index in [2.05, 4.69) is 10.3 Å². The predicted octanol–water partition coefficient (Wildman–Crippen LogP) is 0.103. The van der Waals surface area contributed by atoms with Gasteiger partial charge in [-0.15, -0.1) is 0 Å². The Hall–Kier alpha value is -1.83. The molecule has 0 saturated heterocycles. The molecule has 2 amide bonds. The van der Waals surface area contributed by atoms with Crippen molar-refractivity contribution in [3.05, 3.63) is 4.88 Å². The van der Waals surface area contributed by atoms with Gasteiger partial charge >= 0.3 is 0 Å². The van der Waals surface area contributed by atoms with Crippen LogP contribution < -0.4 is 16.8 Å². The molecule has 0 aliphatic carbocycles. The second kappa shape index (κ2) is 5.67. The third kappa shape index (κ3) is 3.59. The Kier molecular flexibility index (Phi) is 4.49. The number of nitrogens with two attached hydrogens (primary N) is 2. The third-order valence-electron chi connectivity index (χ3n) is 2.00. The minimum absolute atomic E-state index is 0.150. The summed E-state index contributed by atoms with van der Waals surface area (Å²) < 4.78 is 0. The van der Waals surface area contributed by atoms with Crippen LogP contribution in [-0.2, 0) is 4.79 Å². The van der Waals surface area contributed by atoms with Crippen LogP contribution in [-0.4, -0.2) is 41.3 Å². The first kappa shape index (κ1) is 14.2. The maximum absolute atomic E-state index is 12.0. The summed E-state index contributed by atoms with van der Waals surface area (Å²) in [6, 6.07) is 0.196. The van der Waals surface area contributed by atoms with Crippen molar-refractivity contribution in [3.63, 3.8) is 0 Å². The van der Waals surface area contributed by atoms with E-state index in [1.54, 1.807) is 0 Å². The van der Waals surface area contributed by atoms with Crippen molar-refractivity contribution >= 4 is 34.1 Å². The molecule has 0 fully saturated rings. The summed E-state index contributed by atoms with van der Waals surface area (Å²) in [5.41, 5.74) is 10.7. The van der Waals surface area contributed by atoms with Crippen molar-refractivity contribution in [2.45, 2.75) is 19.9 Å². The molecule has 100 valence electrons. The van der Waals surface area contributed by atoms with Crippen molar-refractivity contribution in [2.75, 3.05) is 24.6 Å². The molecule has 0 saturated carbocycles. The quantitative estimate of drug-likeness (QED) is 0.703. The first-order chi connectivity index (χ1) is 8.31. The molecule has 18 heavy (non-hydrogen) atoms. The first-order valence-electron chi connectivity index (χ1n) is 5.38. The molecule has 5 N–H and O–H groups in total. The number of rotatable bonds is 5. The molecule has 0 bridgehead atoms. The van der Waals surface area contributed by atoms with Crippen molar-refractivity contribution in [2.24, 2.45) is 5.73 Å². The van der Waals surface area contributed by atoms with Gasteiger partial charge in [0.1, 0.15) is 10.7 Å². The number of amides is 2. The van der Waals surface area contributed by atoms with E-state index >= 15 is 0 Å². The molecule has 7 nitrogen and oxygen atoms in total. The maximum atomic E-state index is 12.0. The summed E-state index contributed by atoms with van der Waals surface area (Å²) in [6.07, 6.45) is 0. The van der Waals surface area contributed by atoms with E-state index in [9.17, 15) is 9.59 Å². The Morgan fingerprint density at radius 1 is 1.50 bits per heavy atom. The molecule has 1 aromatic rings. The summed E-state index contributed by atoms with van der Waals surface area (Å²) >= 11 is 1.16. The summed E-state index contributed by atoms with van der Waals surface area (Å²) in [5, 5.41) is 3.65. The van der Waals surface area contributed by atoms with Crippen LogP contribution in [0.5, 0.6) is 0 Å². The number of primary amides is 1. The summed E-state index contributed by atoms with van der Waals surface area (Å²) in [4.78, 5) is 28.3. The highest BCUT2D eigenvalue weighted by molar-refractivity contribution is 7.18. The molecule has 0 aliphatic rings. The fourth-order valence-corrected chi connectivity index (χ4v) is 2.30. The number of anilines is 2. The minimum Gasteiger partial charge on any atom is -0.382 e. The zero-order valence-electron chi connectivity index (χ0n) is 10.6. The van der Waals surface area contributed by atoms with Gasteiger partial charge in [0.25, 0.3) is 5.91 Å². The number of carbonyl (C=O) groups excluding carboxylic acids is 2. The molecule has 0 unspecified atom stereocenters. The number of thiazole rings is 1. The number of nitrogens with one attached hydrogen (secondary N) is 1. The lowest BCUT2D eigenvalue weighted by Crippen LogP contribution is -2.35. The van der Waals surface area contributed by atoms with Crippen LogP contribution >= 0.6 is 11.3 Å². The first-order valence-corrected chi connectivity index (χ1v) is 6.19. The van der Waals surface area contributed by atoms with Crippen molar-refractivity contribution in [1.82, 2.24) is 9.88 Å². The molecular formula is C10H17N5O2S. The Morgan fingerprint density at radius 3 is 2.61 bits per heavy atom. The van der Waals surface area contributed by atoms with Gasteiger partial charge < -0.3 is 21.7 Å². The van der Waals surface area contributed by atoms with E-state index in [4.69, 9.17) is 11.5 Å². The summed E-state index contributed by atoms with van der Waals surface area (Å²) in [7, 11) is 1.49. The van der Waals surface area contributed by atoms with Gasteiger partial charge in [-0.25, -0.2) is 4.98 Å². The van der Waals surface area contributed by atoms with Gasteiger partial charge in [-0.3, -0.25) is 9.59 Å². The molecule has 1 aromatic heterocycles. The standard InChI is InChI=1S/C10H17N5O2S/c1-5(2)13-10-14-8(12)7(18-10)9(17)15(3)4-6(11)16/h5H,4,12H2,1-3H3,(H2,11,16)(H,13,14). The molecule has 0 spiro atoms. The van der Waals surface area contributed by atoms with Crippen LogP contribution in [0.1, 0.15) is 23.5 Å². The highest BCUT2D eigenvalue weighted by Gasteiger charge is 2.20. The molecule has 0 aliphatic heterocycles. The van der Waals surface area contributed by atoms with Gasteiger partial charge in [0.2, 0.25) is 5.91 Å². The Morgan fingerprint density at radius 2 is 2.11 bits per heavy atom. The fourth-order valence-electron chi connectivity index (χ4n) is 1.27. The number of aromatic nitrogens is 1. The van der Waals surface area contributed by atoms with Gasteiger partial charge in [-0.05, 0) is 13.8 Å². The molecular weight excluding hydrogens is 254 g/mol. The Balaban J connectivity index is 2.85. The highest BCUT2D eigenvalue weighted by Crippen LogP contribution is 2.26. The number of likely N-dealkylation sites (N-methyl/N-ethyl adjacent to an activating group) is 1. The van der Waals surface area contributed by atoms with Crippen LogP contribution in [0.15, 0.2) is 0 Å². The fraction of sp³-hybridized carbons (Fsp3) is 0.500. The normalized spacial score (nSPS) is 10.4. The molecule has 0 radical (unpaired) electrons. The van der Waals surface area contributed by atoms with E-state index in [0.717, 1.165) is 11.3 Å². The van der Waals surface area contributed by atoms with Gasteiger partial charge in [0, 0.05) is 13.1 Å².